The lowest BCUT2D eigenvalue weighted by Gasteiger charge is -2.48. The van der Waals surface area contributed by atoms with Gasteiger partial charge in [-0.05, 0) is 47.3 Å². The molecule has 2 rings (SSSR count). The number of hydrogen-bond donors (Lipinski definition) is 1. The molecule has 0 spiro atoms. The highest BCUT2D eigenvalue weighted by Crippen LogP contribution is 2.44. The molecule has 1 heterocycles. The molecule has 0 aliphatic heterocycles. The Labute approximate surface area is 136 Å². The predicted molar refractivity (Wildman–Crippen MR) is 93.0 cm³/mol. The highest BCUT2D eigenvalue weighted by atomic mass is 127. The first kappa shape index (κ1) is 16.0. The minimum absolute atomic E-state index is 0.157. The smallest absolute Gasteiger partial charge is 0.143 e. The zero-order chi connectivity index (χ0) is 14.8. The lowest BCUT2D eigenvalue weighted by molar-refractivity contribution is 0.154. The number of rotatable bonds is 3. The lowest BCUT2D eigenvalue weighted by atomic mass is 9.65. The second kappa shape index (κ2) is 6.16. The van der Waals surface area contributed by atoms with Crippen molar-refractivity contribution in [2.45, 2.75) is 71.8 Å². The Kier molecular flexibility index (Phi) is 4.92. The minimum Gasteiger partial charge on any atom is -0.363 e. The molecule has 0 amide bonds. The first-order valence-corrected chi connectivity index (χ1v) is 8.75. The van der Waals surface area contributed by atoms with Crippen LogP contribution in [-0.4, -0.2) is 15.5 Å². The Morgan fingerprint density at radius 2 is 1.85 bits per heavy atom. The summed E-state index contributed by atoms with van der Waals surface area (Å²) in [4.78, 5) is 8.89. The topological polar surface area (TPSA) is 37.8 Å². The highest BCUT2D eigenvalue weighted by molar-refractivity contribution is 14.1. The summed E-state index contributed by atoms with van der Waals surface area (Å²) in [6.07, 6.45) is 9.11. The maximum absolute atomic E-state index is 4.51. The van der Waals surface area contributed by atoms with Gasteiger partial charge in [0.2, 0.25) is 0 Å². The molecule has 0 radical (unpaired) electrons. The number of anilines is 1. The van der Waals surface area contributed by atoms with E-state index in [0.717, 1.165) is 17.9 Å². The number of nitrogens with zero attached hydrogens (tertiary/aromatic N) is 2. The molecule has 20 heavy (non-hydrogen) atoms. The van der Waals surface area contributed by atoms with E-state index in [0.29, 0.717) is 0 Å². The molecule has 4 heteroatoms. The Bertz CT molecular complexity index is 459. The van der Waals surface area contributed by atoms with Gasteiger partial charge in [0.15, 0.2) is 0 Å². The molecule has 1 aromatic rings. The van der Waals surface area contributed by atoms with Crippen molar-refractivity contribution in [2.75, 3.05) is 5.32 Å². The number of nitrogens with one attached hydrogen (secondary N) is 1. The summed E-state index contributed by atoms with van der Waals surface area (Å²) in [7, 11) is 0. The third-order valence-electron chi connectivity index (χ3n) is 4.70. The van der Waals surface area contributed by atoms with E-state index in [4.69, 9.17) is 0 Å². The lowest BCUT2D eigenvalue weighted by Crippen LogP contribution is -2.51. The molecular formula is C16H26IN3. The van der Waals surface area contributed by atoms with Crippen LogP contribution in [0.3, 0.4) is 0 Å². The SMILES string of the molecule is CCc1ncnc(NC2(C(C)(C)C)CCCCC2)c1I. The summed E-state index contributed by atoms with van der Waals surface area (Å²) >= 11 is 2.38. The van der Waals surface area contributed by atoms with Gasteiger partial charge in [-0.25, -0.2) is 9.97 Å². The van der Waals surface area contributed by atoms with Gasteiger partial charge in [0.05, 0.1) is 9.26 Å². The van der Waals surface area contributed by atoms with Crippen LogP contribution in [0.2, 0.25) is 0 Å². The monoisotopic (exact) mass is 387 g/mol. The van der Waals surface area contributed by atoms with Crippen LogP contribution in [0.5, 0.6) is 0 Å². The van der Waals surface area contributed by atoms with E-state index >= 15 is 0 Å². The Morgan fingerprint density at radius 1 is 1.20 bits per heavy atom. The van der Waals surface area contributed by atoms with Gasteiger partial charge in [0, 0.05) is 5.54 Å². The predicted octanol–water partition coefficient (Wildman–Crippen LogP) is 4.80. The molecule has 1 fully saturated rings. The van der Waals surface area contributed by atoms with Gasteiger partial charge in [-0.15, -0.1) is 0 Å². The number of aromatic nitrogens is 2. The summed E-state index contributed by atoms with van der Waals surface area (Å²) in [5, 5.41) is 3.82. The van der Waals surface area contributed by atoms with E-state index in [1.807, 2.05) is 0 Å². The normalized spacial score (nSPS) is 18.9. The molecule has 1 aliphatic rings. The molecule has 0 unspecified atom stereocenters. The minimum atomic E-state index is 0.157. The maximum Gasteiger partial charge on any atom is 0.143 e. The Morgan fingerprint density at radius 3 is 2.40 bits per heavy atom. The van der Waals surface area contributed by atoms with E-state index in [-0.39, 0.29) is 11.0 Å². The van der Waals surface area contributed by atoms with Crippen molar-refractivity contribution >= 4 is 28.4 Å². The van der Waals surface area contributed by atoms with Gasteiger partial charge >= 0.3 is 0 Å². The van der Waals surface area contributed by atoms with Crippen LogP contribution in [0.4, 0.5) is 5.82 Å². The van der Waals surface area contributed by atoms with Crippen molar-refractivity contribution in [2.24, 2.45) is 5.41 Å². The van der Waals surface area contributed by atoms with Gasteiger partial charge < -0.3 is 5.32 Å². The largest absolute Gasteiger partial charge is 0.363 e. The highest BCUT2D eigenvalue weighted by Gasteiger charge is 2.43. The summed E-state index contributed by atoms with van der Waals surface area (Å²) in [5.41, 5.74) is 1.53. The standard InChI is InChI=1S/C16H26IN3/c1-5-12-13(17)14(19-11-18-12)20-16(15(2,3)4)9-7-6-8-10-16/h11H,5-10H2,1-4H3,(H,18,19,20). The first-order chi connectivity index (χ1) is 9.39. The summed E-state index contributed by atoms with van der Waals surface area (Å²) in [6.45, 7) is 9.19. The third-order valence-corrected chi connectivity index (χ3v) is 5.83. The molecular weight excluding hydrogens is 361 g/mol. The van der Waals surface area contributed by atoms with Crippen LogP contribution in [0, 0.1) is 8.99 Å². The van der Waals surface area contributed by atoms with E-state index in [1.165, 1.54) is 35.7 Å². The molecule has 1 N–H and O–H groups in total. The quantitative estimate of drug-likeness (QED) is 0.757. The average molecular weight is 387 g/mol. The van der Waals surface area contributed by atoms with E-state index < -0.39 is 0 Å². The molecule has 1 saturated carbocycles. The van der Waals surface area contributed by atoms with Gasteiger partial charge in [-0.3, -0.25) is 0 Å². The van der Waals surface area contributed by atoms with Crippen LogP contribution >= 0.6 is 22.6 Å². The molecule has 112 valence electrons. The Hall–Kier alpha value is -0.390. The van der Waals surface area contributed by atoms with Crippen LogP contribution in [0.25, 0.3) is 0 Å². The number of hydrogen-bond acceptors (Lipinski definition) is 3. The van der Waals surface area contributed by atoms with Crippen molar-refractivity contribution in [3.05, 3.63) is 15.6 Å². The van der Waals surface area contributed by atoms with Crippen molar-refractivity contribution in [1.82, 2.24) is 9.97 Å². The fourth-order valence-corrected chi connectivity index (χ4v) is 3.98. The average Bonchev–Trinajstić information content (AvgIpc) is 2.41. The fraction of sp³-hybridized carbons (Fsp3) is 0.750. The van der Waals surface area contributed by atoms with Crippen molar-refractivity contribution < 1.29 is 0 Å². The van der Waals surface area contributed by atoms with Crippen LogP contribution in [-0.2, 0) is 6.42 Å². The van der Waals surface area contributed by atoms with Gasteiger partial charge in [0.25, 0.3) is 0 Å². The molecule has 0 aromatic carbocycles. The molecule has 0 atom stereocenters. The van der Waals surface area contributed by atoms with Crippen molar-refractivity contribution in [3.63, 3.8) is 0 Å². The zero-order valence-corrected chi connectivity index (χ0v) is 15.2. The summed E-state index contributed by atoms with van der Waals surface area (Å²) in [6, 6.07) is 0. The van der Waals surface area contributed by atoms with E-state index in [2.05, 4.69) is 65.6 Å². The molecule has 1 aromatic heterocycles. The van der Waals surface area contributed by atoms with Crippen LogP contribution in [0.1, 0.15) is 65.5 Å². The van der Waals surface area contributed by atoms with Gasteiger partial charge in [-0.1, -0.05) is 47.0 Å². The van der Waals surface area contributed by atoms with Crippen LogP contribution < -0.4 is 5.32 Å². The molecule has 0 saturated heterocycles. The van der Waals surface area contributed by atoms with E-state index in [1.54, 1.807) is 6.33 Å². The second-order valence-electron chi connectivity index (χ2n) is 6.85. The van der Waals surface area contributed by atoms with Crippen LogP contribution in [0.15, 0.2) is 6.33 Å². The summed E-state index contributed by atoms with van der Waals surface area (Å²) in [5.74, 6) is 1.02. The fourth-order valence-electron chi connectivity index (χ4n) is 3.18. The summed E-state index contributed by atoms with van der Waals surface area (Å²) < 4.78 is 1.18. The first-order valence-electron chi connectivity index (χ1n) is 7.67. The maximum atomic E-state index is 4.51. The van der Waals surface area contributed by atoms with Gasteiger partial charge in [-0.2, -0.15) is 0 Å². The van der Waals surface area contributed by atoms with Gasteiger partial charge in [0.1, 0.15) is 12.1 Å². The second-order valence-corrected chi connectivity index (χ2v) is 7.93. The molecule has 0 bridgehead atoms. The number of aryl methyl sites for hydroxylation is 1. The third kappa shape index (κ3) is 3.10. The number of halogens is 1. The zero-order valence-electron chi connectivity index (χ0n) is 13.1. The van der Waals surface area contributed by atoms with Crippen molar-refractivity contribution in [3.8, 4) is 0 Å². The van der Waals surface area contributed by atoms with Crippen molar-refractivity contribution in [1.29, 1.82) is 0 Å². The molecule has 1 aliphatic carbocycles. The van der Waals surface area contributed by atoms with E-state index in [9.17, 15) is 0 Å². The molecule has 3 nitrogen and oxygen atoms in total. The Balaban J connectivity index is 2.33.